The number of H-pyrrole nitrogens is 1. The summed E-state index contributed by atoms with van der Waals surface area (Å²) in [7, 11) is 0. The number of aliphatic imine (C=N–C) groups is 1. The fourth-order valence-corrected chi connectivity index (χ4v) is 3.67. The number of fused-ring (bicyclic) bond motifs is 1. The molecule has 0 aliphatic carbocycles. The average molecular weight is 392 g/mol. The highest BCUT2D eigenvalue weighted by atomic mass is 32.2. The SMILES string of the molecule is CCSn1ccc(N=C(C)c2c(O)[nH]c3cnc(-c4cnccc4C)cc23)n1. The number of aromatic amines is 1. The van der Waals surface area contributed by atoms with E-state index in [0.717, 1.165) is 33.5 Å². The number of hydrogen-bond donors (Lipinski definition) is 2. The summed E-state index contributed by atoms with van der Waals surface area (Å²) in [5.74, 6) is 1.60. The van der Waals surface area contributed by atoms with Gasteiger partial charge in [0.05, 0.1) is 28.7 Å². The Labute approximate surface area is 166 Å². The minimum absolute atomic E-state index is 0.0699. The second kappa shape index (κ2) is 7.47. The van der Waals surface area contributed by atoms with Crippen LogP contribution in [0.5, 0.6) is 5.88 Å². The third-order valence-electron chi connectivity index (χ3n) is 4.44. The van der Waals surface area contributed by atoms with Gasteiger partial charge in [0.2, 0.25) is 0 Å². The van der Waals surface area contributed by atoms with Crippen molar-refractivity contribution in [2.45, 2.75) is 20.8 Å². The van der Waals surface area contributed by atoms with E-state index in [1.807, 2.05) is 38.2 Å². The lowest BCUT2D eigenvalue weighted by Gasteiger charge is -2.05. The molecule has 142 valence electrons. The molecule has 4 aromatic rings. The molecule has 0 fully saturated rings. The van der Waals surface area contributed by atoms with Crippen molar-refractivity contribution in [3.05, 3.63) is 54.1 Å². The molecule has 28 heavy (non-hydrogen) atoms. The number of aromatic nitrogens is 5. The minimum atomic E-state index is 0.0699. The summed E-state index contributed by atoms with van der Waals surface area (Å²) in [5.41, 5.74) is 4.93. The zero-order valence-electron chi connectivity index (χ0n) is 15.8. The number of aryl methyl sites for hydroxylation is 1. The summed E-state index contributed by atoms with van der Waals surface area (Å²) in [6.07, 6.45) is 7.16. The fourth-order valence-electron chi connectivity index (χ4n) is 3.11. The molecule has 0 bridgehead atoms. The Hall–Kier alpha value is -3.13. The minimum Gasteiger partial charge on any atom is -0.494 e. The van der Waals surface area contributed by atoms with Gasteiger partial charge in [-0.2, -0.15) is 0 Å². The predicted molar refractivity (Wildman–Crippen MR) is 113 cm³/mol. The zero-order chi connectivity index (χ0) is 19.7. The Morgan fingerprint density at radius 1 is 1.32 bits per heavy atom. The molecular formula is C20H20N6OS. The highest BCUT2D eigenvalue weighted by Gasteiger charge is 2.16. The van der Waals surface area contributed by atoms with Gasteiger partial charge in [-0.25, -0.2) is 9.08 Å². The topological polar surface area (TPSA) is 92.0 Å². The largest absolute Gasteiger partial charge is 0.494 e. The third-order valence-corrected chi connectivity index (χ3v) is 5.16. The van der Waals surface area contributed by atoms with Gasteiger partial charge in [-0.3, -0.25) is 9.97 Å². The molecule has 0 atom stereocenters. The van der Waals surface area contributed by atoms with Crippen LogP contribution in [-0.2, 0) is 0 Å². The summed E-state index contributed by atoms with van der Waals surface area (Å²) in [5, 5.41) is 15.8. The van der Waals surface area contributed by atoms with Crippen molar-refractivity contribution in [3.63, 3.8) is 0 Å². The van der Waals surface area contributed by atoms with Crippen LogP contribution < -0.4 is 0 Å². The van der Waals surface area contributed by atoms with Gasteiger partial charge in [0.15, 0.2) is 11.7 Å². The Bertz CT molecular complexity index is 1180. The zero-order valence-corrected chi connectivity index (χ0v) is 16.7. The van der Waals surface area contributed by atoms with E-state index in [4.69, 9.17) is 0 Å². The van der Waals surface area contributed by atoms with Crippen LogP contribution in [0.2, 0.25) is 0 Å². The number of nitrogens with one attached hydrogen (secondary N) is 1. The normalized spacial score (nSPS) is 12.0. The second-order valence-corrected chi connectivity index (χ2v) is 7.56. The molecular weight excluding hydrogens is 372 g/mol. The molecule has 8 heteroatoms. The van der Waals surface area contributed by atoms with E-state index in [9.17, 15) is 5.11 Å². The molecule has 0 aliphatic rings. The molecule has 0 unspecified atom stereocenters. The lowest BCUT2D eigenvalue weighted by molar-refractivity contribution is 0.457. The number of aromatic hydroxyl groups is 1. The van der Waals surface area contributed by atoms with Crippen LogP contribution in [0.15, 0.2) is 48.0 Å². The molecule has 7 nitrogen and oxygen atoms in total. The van der Waals surface area contributed by atoms with Crippen molar-refractivity contribution in [2.75, 3.05) is 5.75 Å². The quantitative estimate of drug-likeness (QED) is 0.488. The Balaban J connectivity index is 1.79. The highest BCUT2D eigenvalue weighted by Crippen LogP contribution is 2.31. The summed E-state index contributed by atoms with van der Waals surface area (Å²) in [6.45, 7) is 5.96. The standard InChI is InChI=1S/C20H20N6OS/c1-4-28-26-8-6-18(25-26)23-13(3)19-14-9-16(15-10-21-7-5-12(15)2)22-11-17(14)24-20(19)27/h5-11,24,27H,4H2,1-3H3. The molecule has 0 amide bonds. The molecule has 0 saturated heterocycles. The maximum Gasteiger partial charge on any atom is 0.198 e. The van der Waals surface area contributed by atoms with Crippen LogP contribution >= 0.6 is 11.9 Å². The molecule has 0 saturated carbocycles. The van der Waals surface area contributed by atoms with E-state index in [2.05, 4.69) is 32.0 Å². The number of rotatable bonds is 5. The van der Waals surface area contributed by atoms with E-state index < -0.39 is 0 Å². The Morgan fingerprint density at radius 2 is 2.18 bits per heavy atom. The smallest absolute Gasteiger partial charge is 0.198 e. The van der Waals surface area contributed by atoms with Gasteiger partial charge in [-0.1, -0.05) is 6.92 Å². The van der Waals surface area contributed by atoms with E-state index >= 15 is 0 Å². The summed E-state index contributed by atoms with van der Waals surface area (Å²) in [6, 6.07) is 5.76. The van der Waals surface area contributed by atoms with Gasteiger partial charge < -0.3 is 10.1 Å². The molecule has 4 aromatic heterocycles. The van der Waals surface area contributed by atoms with Crippen LogP contribution in [0.25, 0.3) is 22.2 Å². The molecule has 0 spiro atoms. The van der Waals surface area contributed by atoms with E-state index in [-0.39, 0.29) is 5.88 Å². The first kappa shape index (κ1) is 18.2. The second-order valence-electron chi connectivity index (χ2n) is 6.35. The van der Waals surface area contributed by atoms with E-state index in [0.29, 0.717) is 17.1 Å². The molecule has 4 heterocycles. The first-order valence-corrected chi connectivity index (χ1v) is 9.87. The summed E-state index contributed by atoms with van der Waals surface area (Å²) >= 11 is 1.59. The van der Waals surface area contributed by atoms with E-state index in [1.54, 1.807) is 34.6 Å². The van der Waals surface area contributed by atoms with Crippen molar-refractivity contribution in [1.29, 1.82) is 0 Å². The summed E-state index contributed by atoms with van der Waals surface area (Å²) < 4.78 is 1.79. The van der Waals surface area contributed by atoms with Crippen molar-refractivity contribution in [3.8, 4) is 17.1 Å². The maximum absolute atomic E-state index is 10.5. The number of nitrogens with zero attached hydrogens (tertiary/aromatic N) is 5. The third kappa shape index (κ3) is 3.38. The lowest BCUT2D eigenvalue weighted by atomic mass is 10.0. The maximum atomic E-state index is 10.5. The Morgan fingerprint density at radius 3 is 2.96 bits per heavy atom. The highest BCUT2D eigenvalue weighted by molar-refractivity contribution is 7.97. The van der Waals surface area contributed by atoms with Crippen molar-refractivity contribution in [2.24, 2.45) is 4.99 Å². The Kier molecular flexibility index (Phi) is 4.87. The van der Waals surface area contributed by atoms with Crippen LogP contribution in [0.4, 0.5) is 5.82 Å². The molecule has 0 aromatic carbocycles. The molecule has 4 rings (SSSR count). The first-order valence-electron chi connectivity index (χ1n) is 8.93. The van der Waals surface area contributed by atoms with Crippen LogP contribution in [0, 0.1) is 6.92 Å². The van der Waals surface area contributed by atoms with Crippen LogP contribution in [-0.4, -0.2) is 40.7 Å². The van der Waals surface area contributed by atoms with Gasteiger partial charge in [-0.05, 0) is 43.5 Å². The van der Waals surface area contributed by atoms with Gasteiger partial charge in [0, 0.05) is 41.4 Å². The predicted octanol–water partition coefficient (Wildman–Crippen LogP) is 4.49. The van der Waals surface area contributed by atoms with Crippen LogP contribution in [0.3, 0.4) is 0 Å². The van der Waals surface area contributed by atoms with Gasteiger partial charge in [0.25, 0.3) is 0 Å². The van der Waals surface area contributed by atoms with Gasteiger partial charge in [0.1, 0.15) is 0 Å². The average Bonchev–Trinajstić information content (AvgIpc) is 3.24. The molecule has 0 aliphatic heterocycles. The fraction of sp³-hybridized carbons (Fsp3) is 0.200. The van der Waals surface area contributed by atoms with Crippen LogP contribution in [0.1, 0.15) is 25.0 Å². The van der Waals surface area contributed by atoms with Crippen molar-refractivity contribution >= 4 is 34.4 Å². The number of hydrogen-bond acceptors (Lipinski definition) is 6. The van der Waals surface area contributed by atoms with Crippen molar-refractivity contribution < 1.29 is 5.11 Å². The monoisotopic (exact) mass is 392 g/mol. The molecule has 2 N–H and O–H groups in total. The van der Waals surface area contributed by atoms with Gasteiger partial charge in [-0.15, -0.1) is 5.10 Å². The first-order chi connectivity index (χ1) is 13.6. The number of pyridine rings is 2. The van der Waals surface area contributed by atoms with E-state index in [1.165, 1.54) is 0 Å². The molecule has 0 radical (unpaired) electrons. The summed E-state index contributed by atoms with van der Waals surface area (Å²) in [4.78, 5) is 16.3. The van der Waals surface area contributed by atoms with Gasteiger partial charge >= 0.3 is 0 Å². The lowest BCUT2D eigenvalue weighted by Crippen LogP contribution is -1.95. The van der Waals surface area contributed by atoms with Crippen molar-refractivity contribution in [1.82, 2.24) is 24.1 Å².